The predicted molar refractivity (Wildman–Crippen MR) is 75.8 cm³/mol. The van der Waals surface area contributed by atoms with Crippen molar-refractivity contribution in [2.24, 2.45) is 0 Å². The fourth-order valence-corrected chi connectivity index (χ4v) is 2.96. The van der Waals surface area contributed by atoms with E-state index in [9.17, 15) is 0 Å². The van der Waals surface area contributed by atoms with Crippen LogP contribution in [0.1, 0.15) is 38.2 Å². The minimum atomic E-state index is 0.400. The molecule has 0 saturated heterocycles. The Labute approximate surface area is 111 Å². The van der Waals surface area contributed by atoms with Gasteiger partial charge in [0.1, 0.15) is 0 Å². The standard InChI is InChI=1S/C16H25NO/c1-13(12-14-8-4-3-5-9-14)17-15-10-6-7-11-16(15)18-2/h3-5,8-9,13,15-17H,6-7,10-12H2,1-2H3. The first kappa shape index (κ1) is 13.6. The van der Waals surface area contributed by atoms with E-state index >= 15 is 0 Å². The van der Waals surface area contributed by atoms with Gasteiger partial charge >= 0.3 is 0 Å². The summed E-state index contributed by atoms with van der Waals surface area (Å²) in [5.41, 5.74) is 1.40. The maximum atomic E-state index is 5.59. The van der Waals surface area contributed by atoms with E-state index in [4.69, 9.17) is 4.74 Å². The van der Waals surface area contributed by atoms with Crippen LogP contribution in [0.25, 0.3) is 0 Å². The molecule has 2 rings (SSSR count). The molecule has 2 nitrogen and oxygen atoms in total. The second kappa shape index (κ2) is 6.91. The summed E-state index contributed by atoms with van der Waals surface area (Å²) in [6.45, 7) is 2.27. The Morgan fingerprint density at radius 1 is 1.22 bits per heavy atom. The molecule has 1 aromatic carbocycles. The number of hydrogen-bond donors (Lipinski definition) is 1. The Bertz CT molecular complexity index is 338. The summed E-state index contributed by atoms with van der Waals surface area (Å²) in [6, 6.07) is 11.7. The molecule has 3 atom stereocenters. The molecule has 0 bridgehead atoms. The Balaban J connectivity index is 1.84. The summed E-state index contributed by atoms with van der Waals surface area (Å²) in [6.07, 6.45) is 6.58. The summed E-state index contributed by atoms with van der Waals surface area (Å²) < 4.78 is 5.59. The third kappa shape index (κ3) is 3.82. The van der Waals surface area contributed by atoms with Crippen molar-refractivity contribution < 1.29 is 4.74 Å². The van der Waals surface area contributed by atoms with Crippen molar-refractivity contribution in [3.05, 3.63) is 35.9 Å². The highest BCUT2D eigenvalue weighted by atomic mass is 16.5. The summed E-state index contributed by atoms with van der Waals surface area (Å²) >= 11 is 0. The molecule has 1 aliphatic carbocycles. The van der Waals surface area contributed by atoms with E-state index in [-0.39, 0.29) is 0 Å². The molecule has 1 aliphatic rings. The van der Waals surface area contributed by atoms with E-state index < -0.39 is 0 Å². The van der Waals surface area contributed by atoms with E-state index in [2.05, 4.69) is 42.6 Å². The zero-order valence-corrected chi connectivity index (χ0v) is 11.6. The van der Waals surface area contributed by atoms with Crippen LogP contribution in [0.5, 0.6) is 0 Å². The van der Waals surface area contributed by atoms with Gasteiger partial charge in [-0.25, -0.2) is 0 Å². The number of benzene rings is 1. The lowest BCUT2D eigenvalue weighted by molar-refractivity contribution is 0.0384. The van der Waals surface area contributed by atoms with E-state index in [1.165, 1.54) is 31.2 Å². The van der Waals surface area contributed by atoms with Crippen LogP contribution in [0.15, 0.2) is 30.3 Å². The molecular weight excluding hydrogens is 222 g/mol. The molecular formula is C16H25NO. The van der Waals surface area contributed by atoms with Crippen LogP contribution >= 0.6 is 0 Å². The minimum absolute atomic E-state index is 0.400. The van der Waals surface area contributed by atoms with Gasteiger partial charge in [0.25, 0.3) is 0 Å². The molecule has 100 valence electrons. The van der Waals surface area contributed by atoms with E-state index in [1.807, 2.05) is 7.11 Å². The molecule has 3 unspecified atom stereocenters. The van der Waals surface area contributed by atoms with Gasteiger partial charge in [-0.1, -0.05) is 43.2 Å². The van der Waals surface area contributed by atoms with Crippen molar-refractivity contribution in [3.8, 4) is 0 Å². The summed E-state index contributed by atoms with van der Waals surface area (Å²) in [5, 5.41) is 3.74. The third-order valence-electron chi connectivity index (χ3n) is 3.89. The molecule has 0 radical (unpaired) electrons. The lowest BCUT2D eigenvalue weighted by Crippen LogP contribution is -2.47. The van der Waals surface area contributed by atoms with Gasteiger partial charge in [0.15, 0.2) is 0 Å². The third-order valence-corrected chi connectivity index (χ3v) is 3.89. The Morgan fingerprint density at radius 2 is 1.94 bits per heavy atom. The summed E-state index contributed by atoms with van der Waals surface area (Å²) in [5.74, 6) is 0. The van der Waals surface area contributed by atoms with Crippen LogP contribution in [-0.2, 0) is 11.2 Å². The van der Waals surface area contributed by atoms with Gasteiger partial charge in [0, 0.05) is 19.2 Å². The normalized spacial score (nSPS) is 25.9. The Morgan fingerprint density at radius 3 is 2.67 bits per heavy atom. The smallest absolute Gasteiger partial charge is 0.0724 e. The molecule has 1 N–H and O–H groups in total. The number of rotatable bonds is 5. The largest absolute Gasteiger partial charge is 0.380 e. The molecule has 0 aliphatic heterocycles. The number of ether oxygens (including phenoxy) is 1. The van der Waals surface area contributed by atoms with Gasteiger partial charge in [-0.3, -0.25) is 0 Å². The van der Waals surface area contributed by atoms with Crippen molar-refractivity contribution in [2.45, 2.75) is 57.2 Å². The van der Waals surface area contributed by atoms with Crippen molar-refractivity contribution in [1.29, 1.82) is 0 Å². The van der Waals surface area contributed by atoms with Crippen molar-refractivity contribution in [2.75, 3.05) is 7.11 Å². The van der Waals surface area contributed by atoms with Gasteiger partial charge in [-0.15, -0.1) is 0 Å². The van der Waals surface area contributed by atoms with Crippen LogP contribution < -0.4 is 5.32 Å². The van der Waals surface area contributed by atoms with Crippen LogP contribution in [0.4, 0.5) is 0 Å². The monoisotopic (exact) mass is 247 g/mol. The highest BCUT2D eigenvalue weighted by molar-refractivity contribution is 5.15. The molecule has 1 aromatic rings. The lowest BCUT2D eigenvalue weighted by atomic mass is 9.91. The highest BCUT2D eigenvalue weighted by Crippen LogP contribution is 2.21. The molecule has 1 fully saturated rings. The quantitative estimate of drug-likeness (QED) is 0.863. The van der Waals surface area contributed by atoms with E-state index in [0.29, 0.717) is 18.2 Å². The fourth-order valence-electron chi connectivity index (χ4n) is 2.96. The van der Waals surface area contributed by atoms with Gasteiger partial charge in [0.2, 0.25) is 0 Å². The van der Waals surface area contributed by atoms with Crippen LogP contribution in [0.2, 0.25) is 0 Å². The first-order chi connectivity index (χ1) is 8.79. The molecule has 18 heavy (non-hydrogen) atoms. The van der Waals surface area contributed by atoms with Crippen LogP contribution in [0, 0.1) is 0 Å². The fraction of sp³-hybridized carbons (Fsp3) is 0.625. The van der Waals surface area contributed by atoms with Gasteiger partial charge in [0.05, 0.1) is 6.10 Å². The van der Waals surface area contributed by atoms with E-state index in [1.54, 1.807) is 0 Å². The maximum Gasteiger partial charge on any atom is 0.0724 e. The topological polar surface area (TPSA) is 21.3 Å². The molecule has 0 spiro atoms. The van der Waals surface area contributed by atoms with Gasteiger partial charge in [-0.05, 0) is 31.7 Å². The van der Waals surface area contributed by atoms with E-state index in [0.717, 1.165) is 6.42 Å². The van der Waals surface area contributed by atoms with Crippen molar-refractivity contribution in [1.82, 2.24) is 5.32 Å². The van der Waals surface area contributed by atoms with Crippen LogP contribution in [0.3, 0.4) is 0 Å². The average molecular weight is 247 g/mol. The van der Waals surface area contributed by atoms with Gasteiger partial charge in [-0.2, -0.15) is 0 Å². The zero-order chi connectivity index (χ0) is 12.8. The Hall–Kier alpha value is -0.860. The molecule has 0 aromatic heterocycles. The number of hydrogen-bond acceptors (Lipinski definition) is 2. The molecule has 0 amide bonds. The zero-order valence-electron chi connectivity index (χ0n) is 11.6. The predicted octanol–water partition coefficient (Wildman–Crippen LogP) is 3.16. The average Bonchev–Trinajstić information content (AvgIpc) is 2.40. The number of methoxy groups -OCH3 is 1. The molecule has 2 heteroatoms. The highest BCUT2D eigenvalue weighted by Gasteiger charge is 2.25. The first-order valence-electron chi connectivity index (χ1n) is 7.12. The maximum absolute atomic E-state index is 5.59. The lowest BCUT2D eigenvalue weighted by Gasteiger charge is -2.33. The van der Waals surface area contributed by atoms with Crippen molar-refractivity contribution in [3.63, 3.8) is 0 Å². The SMILES string of the molecule is COC1CCCCC1NC(C)Cc1ccccc1. The van der Waals surface area contributed by atoms with Crippen LogP contribution in [-0.4, -0.2) is 25.3 Å². The second-order valence-electron chi connectivity index (χ2n) is 5.42. The van der Waals surface area contributed by atoms with Crippen molar-refractivity contribution >= 4 is 0 Å². The summed E-state index contributed by atoms with van der Waals surface area (Å²) in [4.78, 5) is 0. The minimum Gasteiger partial charge on any atom is -0.380 e. The summed E-state index contributed by atoms with van der Waals surface area (Å²) in [7, 11) is 1.84. The Kier molecular flexibility index (Phi) is 5.21. The molecule has 1 saturated carbocycles. The van der Waals surface area contributed by atoms with Gasteiger partial charge < -0.3 is 10.1 Å². The first-order valence-corrected chi connectivity index (χ1v) is 7.12. The number of nitrogens with one attached hydrogen (secondary N) is 1. The second-order valence-corrected chi connectivity index (χ2v) is 5.42. The molecule has 0 heterocycles.